The van der Waals surface area contributed by atoms with Crippen molar-refractivity contribution in [2.24, 2.45) is 5.92 Å². The van der Waals surface area contributed by atoms with Crippen molar-refractivity contribution < 1.29 is 19.1 Å². The van der Waals surface area contributed by atoms with Gasteiger partial charge in [0, 0.05) is 26.1 Å². The minimum Gasteiger partial charge on any atom is -0.450 e. The Labute approximate surface area is 160 Å². The van der Waals surface area contributed by atoms with Crippen LogP contribution in [0.15, 0.2) is 30.3 Å². The van der Waals surface area contributed by atoms with E-state index >= 15 is 0 Å². The summed E-state index contributed by atoms with van der Waals surface area (Å²) in [6, 6.07) is 9.73. The van der Waals surface area contributed by atoms with Crippen LogP contribution in [0.3, 0.4) is 0 Å². The van der Waals surface area contributed by atoms with Gasteiger partial charge < -0.3 is 20.3 Å². The van der Waals surface area contributed by atoms with Crippen LogP contribution in [0.2, 0.25) is 0 Å². The average molecular weight is 375 g/mol. The lowest BCUT2D eigenvalue weighted by molar-refractivity contribution is -0.130. The van der Waals surface area contributed by atoms with Gasteiger partial charge >= 0.3 is 6.09 Å². The maximum atomic E-state index is 12.3. The Morgan fingerprint density at radius 3 is 2.63 bits per heavy atom. The molecule has 2 atom stereocenters. The van der Waals surface area contributed by atoms with Crippen LogP contribution >= 0.6 is 0 Å². The Hall–Kier alpha value is -2.57. The second-order valence-electron chi connectivity index (χ2n) is 6.74. The van der Waals surface area contributed by atoms with E-state index in [0.717, 1.165) is 18.4 Å². The predicted octanol–water partition coefficient (Wildman–Crippen LogP) is 2.24. The van der Waals surface area contributed by atoms with Crippen molar-refractivity contribution >= 4 is 17.9 Å². The number of alkyl carbamates (subject to hydrolysis) is 1. The molecular formula is C20H29N3O4. The summed E-state index contributed by atoms with van der Waals surface area (Å²) in [6.45, 7) is 5.40. The molecule has 27 heavy (non-hydrogen) atoms. The van der Waals surface area contributed by atoms with Crippen molar-refractivity contribution in [3.63, 3.8) is 0 Å². The number of rotatable bonds is 9. The zero-order valence-electron chi connectivity index (χ0n) is 16.1. The van der Waals surface area contributed by atoms with Gasteiger partial charge in [0.15, 0.2) is 0 Å². The molecule has 1 aromatic carbocycles. The average Bonchev–Trinajstić information content (AvgIpc) is 3.07. The van der Waals surface area contributed by atoms with Gasteiger partial charge in [0.2, 0.25) is 11.8 Å². The zero-order chi connectivity index (χ0) is 19.6. The molecule has 3 amide bonds. The van der Waals surface area contributed by atoms with E-state index in [1.165, 1.54) is 0 Å². The normalized spacial score (nSPS) is 17.5. The van der Waals surface area contributed by atoms with E-state index in [4.69, 9.17) is 4.74 Å². The SMILES string of the molecule is CCCCOC(=O)NCCNC(=O)C1CC(=O)N(C(C)c2ccccc2)C1. The minimum absolute atomic E-state index is 0.0101. The highest BCUT2D eigenvalue weighted by molar-refractivity contribution is 5.89. The van der Waals surface area contributed by atoms with Gasteiger partial charge in [-0.2, -0.15) is 0 Å². The highest BCUT2D eigenvalue weighted by atomic mass is 16.5. The fraction of sp³-hybridized carbons (Fsp3) is 0.550. The van der Waals surface area contributed by atoms with E-state index in [0.29, 0.717) is 26.2 Å². The summed E-state index contributed by atoms with van der Waals surface area (Å²) in [5.74, 6) is -0.531. The van der Waals surface area contributed by atoms with Crippen LogP contribution in [0.1, 0.15) is 44.7 Å². The lowest BCUT2D eigenvalue weighted by Crippen LogP contribution is -2.38. The molecule has 1 heterocycles. The molecular weight excluding hydrogens is 346 g/mol. The van der Waals surface area contributed by atoms with E-state index in [-0.39, 0.29) is 30.2 Å². The molecule has 0 aliphatic carbocycles. The number of nitrogens with one attached hydrogen (secondary N) is 2. The van der Waals surface area contributed by atoms with E-state index in [1.807, 2.05) is 44.2 Å². The van der Waals surface area contributed by atoms with E-state index in [1.54, 1.807) is 4.90 Å². The van der Waals surface area contributed by atoms with Gasteiger partial charge in [-0.25, -0.2) is 4.79 Å². The highest BCUT2D eigenvalue weighted by Crippen LogP contribution is 2.28. The smallest absolute Gasteiger partial charge is 0.407 e. The lowest BCUT2D eigenvalue weighted by Gasteiger charge is -2.25. The third-order valence-electron chi connectivity index (χ3n) is 4.70. The Morgan fingerprint density at radius 1 is 1.22 bits per heavy atom. The van der Waals surface area contributed by atoms with Crippen molar-refractivity contribution in [1.29, 1.82) is 0 Å². The quantitative estimate of drug-likeness (QED) is 0.648. The van der Waals surface area contributed by atoms with E-state index in [2.05, 4.69) is 10.6 Å². The second-order valence-corrected chi connectivity index (χ2v) is 6.74. The van der Waals surface area contributed by atoms with Gasteiger partial charge in [-0.1, -0.05) is 43.7 Å². The topological polar surface area (TPSA) is 87.7 Å². The van der Waals surface area contributed by atoms with Crippen molar-refractivity contribution in [1.82, 2.24) is 15.5 Å². The van der Waals surface area contributed by atoms with Crippen LogP contribution in [0.5, 0.6) is 0 Å². The zero-order valence-corrected chi connectivity index (χ0v) is 16.1. The molecule has 1 saturated heterocycles. The van der Waals surface area contributed by atoms with Crippen molar-refractivity contribution in [2.75, 3.05) is 26.2 Å². The molecule has 2 unspecified atom stereocenters. The number of likely N-dealkylation sites (tertiary alicyclic amines) is 1. The van der Waals surface area contributed by atoms with Crippen molar-refractivity contribution in [3.05, 3.63) is 35.9 Å². The van der Waals surface area contributed by atoms with Gasteiger partial charge in [0.05, 0.1) is 18.6 Å². The molecule has 0 aromatic heterocycles. The molecule has 1 aliphatic heterocycles. The molecule has 0 bridgehead atoms. The fourth-order valence-electron chi connectivity index (χ4n) is 3.05. The van der Waals surface area contributed by atoms with Crippen LogP contribution in [0.4, 0.5) is 4.79 Å². The van der Waals surface area contributed by atoms with Crippen molar-refractivity contribution in [3.8, 4) is 0 Å². The molecule has 1 aromatic rings. The van der Waals surface area contributed by atoms with Crippen molar-refractivity contribution in [2.45, 2.75) is 39.2 Å². The fourth-order valence-corrected chi connectivity index (χ4v) is 3.05. The first-order valence-electron chi connectivity index (χ1n) is 9.55. The molecule has 0 spiro atoms. The molecule has 2 N–H and O–H groups in total. The third kappa shape index (κ3) is 6.27. The number of carbonyl (C=O) groups excluding carboxylic acids is 3. The molecule has 2 rings (SSSR count). The molecule has 148 valence electrons. The summed E-state index contributed by atoms with van der Waals surface area (Å²) in [4.78, 5) is 37.8. The molecule has 0 saturated carbocycles. The number of unbranched alkanes of at least 4 members (excludes halogenated alkanes) is 1. The first kappa shape index (κ1) is 20.7. The number of ether oxygens (including phenoxy) is 1. The van der Waals surface area contributed by atoms with Gasteiger partial charge in [0.1, 0.15) is 0 Å². The Balaban J connectivity index is 1.71. The summed E-state index contributed by atoms with van der Waals surface area (Å²) < 4.78 is 4.97. The lowest BCUT2D eigenvalue weighted by atomic mass is 10.1. The molecule has 7 nitrogen and oxygen atoms in total. The summed E-state index contributed by atoms with van der Waals surface area (Å²) >= 11 is 0. The summed E-state index contributed by atoms with van der Waals surface area (Å²) in [5, 5.41) is 5.37. The maximum Gasteiger partial charge on any atom is 0.407 e. The Bertz CT molecular complexity index is 635. The minimum atomic E-state index is -0.475. The second kappa shape index (κ2) is 10.5. The summed E-state index contributed by atoms with van der Waals surface area (Å²) in [7, 11) is 0. The summed E-state index contributed by atoms with van der Waals surface area (Å²) in [6.07, 6.45) is 1.54. The largest absolute Gasteiger partial charge is 0.450 e. The van der Waals surface area contributed by atoms with Crippen LogP contribution < -0.4 is 10.6 Å². The van der Waals surface area contributed by atoms with E-state index < -0.39 is 6.09 Å². The monoisotopic (exact) mass is 375 g/mol. The third-order valence-corrected chi connectivity index (χ3v) is 4.70. The first-order valence-corrected chi connectivity index (χ1v) is 9.55. The van der Waals surface area contributed by atoms with Gasteiger partial charge in [-0.15, -0.1) is 0 Å². The van der Waals surface area contributed by atoms with E-state index in [9.17, 15) is 14.4 Å². The standard InChI is InChI=1S/C20H29N3O4/c1-3-4-12-27-20(26)22-11-10-21-19(25)17-13-18(24)23(14-17)15(2)16-8-6-5-7-9-16/h5-9,15,17H,3-4,10-14H2,1-2H3,(H,21,25)(H,22,26). The van der Waals surface area contributed by atoms with Crippen LogP contribution in [0.25, 0.3) is 0 Å². The predicted molar refractivity (Wildman–Crippen MR) is 102 cm³/mol. The number of carbonyl (C=O) groups is 3. The van der Waals surface area contributed by atoms with Gasteiger partial charge in [-0.05, 0) is 18.9 Å². The number of hydrogen-bond acceptors (Lipinski definition) is 4. The van der Waals surface area contributed by atoms with Crippen LogP contribution in [0, 0.1) is 5.92 Å². The van der Waals surface area contributed by atoms with Gasteiger partial charge in [0.25, 0.3) is 0 Å². The Morgan fingerprint density at radius 2 is 1.93 bits per heavy atom. The van der Waals surface area contributed by atoms with Crippen LogP contribution in [-0.2, 0) is 14.3 Å². The number of hydrogen-bond donors (Lipinski definition) is 2. The van der Waals surface area contributed by atoms with Crippen LogP contribution in [-0.4, -0.2) is 49.0 Å². The maximum absolute atomic E-state index is 12.3. The number of nitrogens with zero attached hydrogens (tertiary/aromatic N) is 1. The first-order chi connectivity index (χ1) is 13.0. The highest BCUT2D eigenvalue weighted by Gasteiger charge is 2.36. The molecule has 1 aliphatic rings. The summed E-state index contributed by atoms with van der Waals surface area (Å²) in [5.41, 5.74) is 1.05. The Kier molecular flexibility index (Phi) is 8.10. The molecule has 1 fully saturated rings. The molecule has 7 heteroatoms. The number of amides is 3. The van der Waals surface area contributed by atoms with Gasteiger partial charge in [-0.3, -0.25) is 9.59 Å². The number of benzene rings is 1. The molecule has 0 radical (unpaired) electrons.